The van der Waals surface area contributed by atoms with Gasteiger partial charge in [-0.3, -0.25) is 0 Å². The Balaban J connectivity index is 2.15. The quantitative estimate of drug-likeness (QED) is 0.843. The number of carbonyl (C=O) groups is 1. The Kier molecular flexibility index (Phi) is 4.54. The summed E-state index contributed by atoms with van der Waals surface area (Å²) in [7, 11) is -0.387. The van der Waals surface area contributed by atoms with Gasteiger partial charge in [0.25, 0.3) is 0 Å². The number of hydrogen-bond acceptors (Lipinski definition) is 3. The molecule has 2 rings (SSSR count). The van der Waals surface area contributed by atoms with Crippen molar-refractivity contribution in [1.29, 1.82) is 0 Å². The Morgan fingerprint density at radius 2 is 1.77 bits per heavy atom. The number of anilines is 1. The van der Waals surface area contributed by atoms with Crippen molar-refractivity contribution in [2.24, 2.45) is 0 Å². The van der Waals surface area contributed by atoms with Crippen molar-refractivity contribution in [3.63, 3.8) is 0 Å². The van der Waals surface area contributed by atoms with E-state index in [4.69, 9.17) is 9.31 Å². The molecule has 1 saturated heterocycles. The lowest BCUT2D eigenvalue weighted by molar-refractivity contribution is 0.00578. The van der Waals surface area contributed by atoms with Crippen LogP contribution in [-0.4, -0.2) is 30.9 Å². The number of aryl methyl sites for hydroxylation is 1. The van der Waals surface area contributed by atoms with Crippen LogP contribution in [0.15, 0.2) is 18.2 Å². The molecule has 0 saturated carbocycles. The Morgan fingerprint density at radius 3 is 2.27 bits per heavy atom. The lowest BCUT2D eigenvalue weighted by atomic mass is 9.78. The third-order valence-electron chi connectivity index (χ3n) is 4.36. The van der Waals surface area contributed by atoms with Crippen LogP contribution in [0.3, 0.4) is 0 Å². The van der Waals surface area contributed by atoms with Gasteiger partial charge in [-0.15, -0.1) is 0 Å². The second kappa shape index (κ2) is 5.93. The summed E-state index contributed by atoms with van der Waals surface area (Å²) in [5.74, 6) is 0. The van der Waals surface area contributed by atoms with E-state index in [2.05, 4.69) is 10.6 Å². The number of benzene rings is 1. The first-order valence-corrected chi connectivity index (χ1v) is 7.67. The molecular weight excluding hydrogens is 279 g/mol. The van der Waals surface area contributed by atoms with Crippen LogP contribution >= 0.6 is 0 Å². The smallest absolute Gasteiger partial charge is 0.399 e. The molecule has 0 spiro atoms. The molecule has 0 radical (unpaired) electrons. The summed E-state index contributed by atoms with van der Waals surface area (Å²) < 4.78 is 12.1. The Bertz CT molecular complexity index is 557. The maximum absolute atomic E-state index is 11.6. The summed E-state index contributed by atoms with van der Waals surface area (Å²) in [5.41, 5.74) is 2.00. The van der Waals surface area contributed by atoms with E-state index in [0.717, 1.165) is 16.7 Å². The number of urea groups is 1. The van der Waals surface area contributed by atoms with E-state index in [1.165, 1.54) is 0 Å². The zero-order valence-corrected chi connectivity index (χ0v) is 14.2. The molecule has 0 aromatic heterocycles. The summed E-state index contributed by atoms with van der Waals surface area (Å²) in [4.78, 5) is 11.6. The third-order valence-corrected chi connectivity index (χ3v) is 4.36. The van der Waals surface area contributed by atoms with E-state index < -0.39 is 0 Å². The highest BCUT2D eigenvalue weighted by Gasteiger charge is 2.51. The second-order valence-corrected chi connectivity index (χ2v) is 6.65. The van der Waals surface area contributed by atoms with Crippen LogP contribution in [0, 0.1) is 6.92 Å². The fraction of sp³-hybridized carbons (Fsp3) is 0.562. The molecule has 6 heteroatoms. The predicted octanol–water partition coefficient (Wildman–Crippen LogP) is 2.44. The van der Waals surface area contributed by atoms with Crippen LogP contribution in [0.5, 0.6) is 0 Å². The number of rotatable bonds is 3. The van der Waals surface area contributed by atoms with Crippen LogP contribution in [0.2, 0.25) is 0 Å². The largest absolute Gasteiger partial charge is 0.494 e. The van der Waals surface area contributed by atoms with Crippen molar-refractivity contribution in [3.8, 4) is 0 Å². The minimum atomic E-state index is -0.387. The molecule has 5 nitrogen and oxygen atoms in total. The zero-order valence-electron chi connectivity index (χ0n) is 14.2. The standard InChI is InChI=1S/C16H25BN2O3/c1-7-18-14(20)19-13-9-8-12(10-11(13)2)17-21-15(3,4)16(5,6)22-17/h8-10H,7H2,1-6H3,(H2,18,19,20). The van der Waals surface area contributed by atoms with Gasteiger partial charge in [0, 0.05) is 12.2 Å². The van der Waals surface area contributed by atoms with E-state index in [-0.39, 0.29) is 24.4 Å². The van der Waals surface area contributed by atoms with Gasteiger partial charge in [-0.25, -0.2) is 4.79 Å². The van der Waals surface area contributed by atoms with Crippen molar-refractivity contribution in [1.82, 2.24) is 5.32 Å². The number of hydrogen-bond donors (Lipinski definition) is 2. The van der Waals surface area contributed by atoms with Gasteiger partial charge in [0.05, 0.1) is 11.2 Å². The van der Waals surface area contributed by atoms with Crippen molar-refractivity contribution >= 4 is 24.3 Å². The topological polar surface area (TPSA) is 59.6 Å². The molecule has 120 valence electrons. The first kappa shape index (κ1) is 16.8. The second-order valence-electron chi connectivity index (χ2n) is 6.65. The first-order valence-electron chi connectivity index (χ1n) is 7.67. The fourth-order valence-corrected chi connectivity index (χ4v) is 2.28. The maximum atomic E-state index is 11.6. The fourth-order valence-electron chi connectivity index (χ4n) is 2.28. The average Bonchev–Trinajstić information content (AvgIpc) is 2.61. The molecule has 2 amide bonds. The van der Waals surface area contributed by atoms with E-state index in [1.807, 2.05) is 59.7 Å². The molecule has 0 atom stereocenters. The SMILES string of the molecule is CCNC(=O)Nc1ccc(B2OC(C)(C)C(C)(C)O2)cc1C. The molecule has 1 aliphatic rings. The molecule has 22 heavy (non-hydrogen) atoms. The minimum Gasteiger partial charge on any atom is -0.399 e. The molecule has 1 aromatic carbocycles. The third kappa shape index (κ3) is 3.28. The van der Waals surface area contributed by atoms with E-state index in [0.29, 0.717) is 6.54 Å². The van der Waals surface area contributed by atoms with Crippen molar-refractivity contribution in [2.45, 2.75) is 52.7 Å². The van der Waals surface area contributed by atoms with E-state index in [9.17, 15) is 4.79 Å². The molecular formula is C16H25BN2O3. The van der Waals surface area contributed by atoms with Gasteiger partial charge in [-0.1, -0.05) is 12.1 Å². The highest BCUT2D eigenvalue weighted by Crippen LogP contribution is 2.36. The van der Waals surface area contributed by atoms with Crippen molar-refractivity contribution in [3.05, 3.63) is 23.8 Å². The molecule has 0 unspecified atom stereocenters. The number of nitrogens with one attached hydrogen (secondary N) is 2. The summed E-state index contributed by atoms with van der Waals surface area (Å²) in [6, 6.07) is 5.60. The molecule has 1 aromatic rings. The summed E-state index contributed by atoms with van der Waals surface area (Å²) >= 11 is 0. The monoisotopic (exact) mass is 304 g/mol. The first-order chi connectivity index (χ1) is 10.2. The number of carbonyl (C=O) groups excluding carboxylic acids is 1. The van der Waals surface area contributed by atoms with Gasteiger partial charge >= 0.3 is 13.1 Å². The van der Waals surface area contributed by atoms with Gasteiger partial charge in [-0.05, 0) is 58.6 Å². The van der Waals surface area contributed by atoms with Gasteiger partial charge in [0.2, 0.25) is 0 Å². The van der Waals surface area contributed by atoms with E-state index in [1.54, 1.807) is 0 Å². The van der Waals surface area contributed by atoms with E-state index >= 15 is 0 Å². The highest BCUT2D eigenvalue weighted by molar-refractivity contribution is 6.62. The Hall–Kier alpha value is -1.53. The summed E-state index contributed by atoms with van der Waals surface area (Å²) in [6.45, 7) is 12.6. The highest BCUT2D eigenvalue weighted by atomic mass is 16.7. The summed E-state index contributed by atoms with van der Waals surface area (Å²) in [6.07, 6.45) is 0. The zero-order chi connectivity index (χ0) is 16.5. The van der Waals surface area contributed by atoms with Crippen LogP contribution in [0.4, 0.5) is 10.5 Å². The molecule has 1 heterocycles. The minimum absolute atomic E-state index is 0.200. The van der Waals surface area contributed by atoms with Crippen LogP contribution in [0.25, 0.3) is 0 Å². The van der Waals surface area contributed by atoms with Gasteiger partial charge in [0.15, 0.2) is 0 Å². The van der Waals surface area contributed by atoms with Gasteiger partial charge in [0.1, 0.15) is 0 Å². The van der Waals surface area contributed by atoms with Gasteiger partial charge < -0.3 is 19.9 Å². The lowest BCUT2D eigenvalue weighted by Gasteiger charge is -2.32. The van der Waals surface area contributed by atoms with Crippen LogP contribution in [0.1, 0.15) is 40.2 Å². The van der Waals surface area contributed by atoms with Crippen molar-refractivity contribution < 1.29 is 14.1 Å². The number of amides is 2. The Morgan fingerprint density at radius 1 is 1.18 bits per heavy atom. The molecule has 1 fully saturated rings. The van der Waals surface area contributed by atoms with Crippen molar-refractivity contribution in [2.75, 3.05) is 11.9 Å². The Labute approximate surface area is 132 Å². The lowest BCUT2D eigenvalue weighted by Crippen LogP contribution is -2.41. The van der Waals surface area contributed by atoms with Gasteiger partial charge in [-0.2, -0.15) is 0 Å². The molecule has 0 bridgehead atoms. The van der Waals surface area contributed by atoms with Crippen LogP contribution < -0.4 is 16.1 Å². The normalized spacial score (nSPS) is 19.1. The molecule has 0 aliphatic carbocycles. The maximum Gasteiger partial charge on any atom is 0.494 e. The average molecular weight is 304 g/mol. The summed E-state index contributed by atoms with van der Waals surface area (Å²) in [5, 5.41) is 5.54. The molecule has 1 aliphatic heterocycles. The predicted molar refractivity (Wildman–Crippen MR) is 89.6 cm³/mol. The molecule has 2 N–H and O–H groups in total. The van der Waals surface area contributed by atoms with Crippen LogP contribution in [-0.2, 0) is 9.31 Å².